The van der Waals surface area contributed by atoms with Crippen molar-refractivity contribution in [2.75, 3.05) is 13.6 Å². The van der Waals surface area contributed by atoms with Gasteiger partial charge in [0.05, 0.1) is 0 Å². The van der Waals surface area contributed by atoms with Gasteiger partial charge < -0.3 is 4.90 Å². The second kappa shape index (κ2) is 6.64. The monoisotopic (exact) mass is 220 g/mol. The maximum atomic E-state index is 4.23. The highest BCUT2D eigenvalue weighted by Gasteiger charge is 2.08. The zero-order valence-corrected chi connectivity index (χ0v) is 11.0. The van der Waals surface area contributed by atoms with E-state index in [0.29, 0.717) is 0 Å². The molecule has 90 valence electrons. The molecule has 0 bridgehead atoms. The van der Waals surface area contributed by atoms with Crippen molar-refractivity contribution >= 4 is 0 Å². The Morgan fingerprint density at radius 3 is 2.50 bits per heavy atom. The summed E-state index contributed by atoms with van der Waals surface area (Å²) in [5, 5.41) is 0. The third-order valence-electron chi connectivity index (χ3n) is 3.11. The van der Waals surface area contributed by atoms with Crippen molar-refractivity contribution in [3.05, 3.63) is 29.6 Å². The summed E-state index contributed by atoms with van der Waals surface area (Å²) in [4.78, 5) is 6.63. The van der Waals surface area contributed by atoms with E-state index in [1.54, 1.807) is 0 Å². The third-order valence-corrected chi connectivity index (χ3v) is 3.11. The van der Waals surface area contributed by atoms with Gasteiger partial charge in [-0.15, -0.1) is 0 Å². The van der Waals surface area contributed by atoms with E-state index in [2.05, 4.69) is 43.8 Å². The SMILES string of the molecule is CCC(CC)CN(C)Cc1cncc(C)c1. The van der Waals surface area contributed by atoms with Crippen LogP contribution in [0.2, 0.25) is 0 Å². The topological polar surface area (TPSA) is 16.1 Å². The summed E-state index contributed by atoms with van der Waals surface area (Å²) >= 11 is 0. The van der Waals surface area contributed by atoms with Gasteiger partial charge in [-0.3, -0.25) is 4.98 Å². The molecule has 0 saturated carbocycles. The van der Waals surface area contributed by atoms with Crippen molar-refractivity contribution in [1.82, 2.24) is 9.88 Å². The molecule has 1 aromatic heterocycles. The maximum absolute atomic E-state index is 4.23. The molecular weight excluding hydrogens is 196 g/mol. The third kappa shape index (κ3) is 4.31. The average Bonchev–Trinajstić information content (AvgIpc) is 2.26. The molecule has 0 amide bonds. The zero-order valence-electron chi connectivity index (χ0n) is 11.0. The minimum atomic E-state index is 0.822. The number of pyridine rings is 1. The van der Waals surface area contributed by atoms with Gasteiger partial charge in [-0.25, -0.2) is 0 Å². The Balaban J connectivity index is 2.47. The first kappa shape index (κ1) is 13.2. The summed E-state index contributed by atoms with van der Waals surface area (Å²) in [6.07, 6.45) is 6.42. The molecule has 0 N–H and O–H groups in total. The van der Waals surface area contributed by atoms with E-state index in [9.17, 15) is 0 Å². The summed E-state index contributed by atoms with van der Waals surface area (Å²) in [7, 11) is 2.20. The van der Waals surface area contributed by atoms with Crippen LogP contribution in [-0.4, -0.2) is 23.5 Å². The quantitative estimate of drug-likeness (QED) is 0.731. The first-order chi connectivity index (χ1) is 7.65. The van der Waals surface area contributed by atoms with Crippen LogP contribution < -0.4 is 0 Å². The molecule has 0 aliphatic heterocycles. The van der Waals surface area contributed by atoms with Crippen molar-refractivity contribution in [1.29, 1.82) is 0 Å². The Bertz CT molecular complexity index is 305. The molecule has 0 aliphatic rings. The summed E-state index contributed by atoms with van der Waals surface area (Å²) in [6.45, 7) is 8.83. The van der Waals surface area contributed by atoms with E-state index in [-0.39, 0.29) is 0 Å². The first-order valence-electron chi connectivity index (χ1n) is 6.24. The minimum absolute atomic E-state index is 0.822. The Kier molecular flexibility index (Phi) is 5.47. The van der Waals surface area contributed by atoms with E-state index in [1.165, 1.54) is 30.5 Å². The van der Waals surface area contributed by atoms with E-state index < -0.39 is 0 Å². The fraction of sp³-hybridized carbons (Fsp3) is 0.643. The van der Waals surface area contributed by atoms with Crippen LogP contribution >= 0.6 is 0 Å². The highest BCUT2D eigenvalue weighted by Crippen LogP contribution is 2.11. The van der Waals surface area contributed by atoms with Crippen LogP contribution in [0.5, 0.6) is 0 Å². The van der Waals surface area contributed by atoms with Crippen molar-refractivity contribution in [2.45, 2.75) is 40.2 Å². The van der Waals surface area contributed by atoms with E-state index in [0.717, 1.165) is 12.5 Å². The van der Waals surface area contributed by atoms with Gasteiger partial charge in [0, 0.05) is 25.5 Å². The van der Waals surface area contributed by atoms with Gasteiger partial charge in [0.15, 0.2) is 0 Å². The second-order valence-corrected chi connectivity index (χ2v) is 4.75. The van der Waals surface area contributed by atoms with Gasteiger partial charge in [-0.2, -0.15) is 0 Å². The summed E-state index contributed by atoms with van der Waals surface area (Å²) in [5.74, 6) is 0.822. The number of hydrogen-bond donors (Lipinski definition) is 0. The molecule has 2 nitrogen and oxygen atoms in total. The van der Waals surface area contributed by atoms with Crippen LogP contribution in [0.15, 0.2) is 18.5 Å². The number of aromatic nitrogens is 1. The molecule has 2 heteroatoms. The van der Waals surface area contributed by atoms with Crippen LogP contribution in [0.1, 0.15) is 37.8 Å². The molecule has 0 spiro atoms. The van der Waals surface area contributed by atoms with Crippen molar-refractivity contribution in [3.63, 3.8) is 0 Å². The Morgan fingerprint density at radius 1 is 1.25 bits per heavy atom. The van der Waals surface area contributed by atoms with Crippen molar-refractivity contribution < 1.29 is 0 Å². The predicted molar refractivity (Wildman–Crippen MR) is 69.4 cm³/mol. The summed E-state index contributed by atoms with van der Waals surface area (Å²) in [6, 6.07) is 2.22. The van der Waals surface area contributed by atoms with Gasteiger partial charge in [-0.05, 0) is 31.0 Å². The standard InChI is InChI=1S/C14H24N2/c1-5-13(6-2)10-16(4)11-14-7-12(3)8-15-9-14/h7-9,13H,5-6,10-11H2,1-4H3. The molecule has 0 fully saturated rings. The molecule has 0 radical (unpaired) electrons. The second-order valence-electron chi connectivity index (χ2n) is 4.75. The Hall–Kier alpha value is -0.890. The number of rotatable bonds is 6. The molecule has 1 aromatic rings. The van der Waals surface area contributed by atoms with Gasteiger partial charge in [0.25, 0.3) is 0 Å². The molecule has 1 rings (SSSR count). The fourth-order valence-electron chi connectivity index (χ4n) is 2.07. The molecule has 0 aliphatic carbocycles. The predicted octanol–water partition coefficient (Wildman–Crippen LogP) is 3.26. The van der Waals surface area contributed by atoms with Crippen LogP contribution in [0.25, 0.3) is 0 Å². The van der Waals surface area contributed by atoms with E-state index >= 15 is 0 Å². The zero-order chi connectivity index (χ0) is 12.0. The normalized spacial score (nSPS) is 11.4. The Labute approximate surface area is 99.7 Å². The lowest BCUT2D eigenvalue weighted by Gasteiger charge is -2.22. The van der Waals surface area contributed by atoms with Gasteiger partial charge >= 0.3 is 0 Å². The molecule has 0 aromatic carbocycles. The van der Waals surface area contributed by atoms with Crippen molar-refractivity contribution in [3.8, 4) is 0 Å². The molecule has 16 heavy (non-hydrogen) atoms. The molecular formula is C14H24N2. The minimum Gasteiger partial charge on any atom is -0.302 e. The Morgan fingerprint density at radius 2 is 1.94 bits per heavy atom. The van der Waals surface area contributed by atoms with E-state index in [4.69, 9.17) is 0 Å². The highest BCUT2D eigenvalue weighted by atomic mass is 15.1. The van der Waals surface area contributed by atoms with E-state index in [1.807, 2.05) is 12.4 Å². The van der Waals surface area contributed by atoms with Gasteiger partial charge in [0.2, 0.25) is 0 Å². The smallest absolute Gasteiger partial charge is 0.0313 e. The lowest BCUT2D eigenvalue weighted by molar-refractivity contribution is 0.260. The number of aryl methyl sites for hydroxylation is 1. The summed E-state index contributed by atoms with van der Waals surface area (Å²) < 4.78 is 0. The lowest BCUT2D eigenvalue weighted by Crippen LogP contribution is -2.24. The lowest BCUT2D eigenvalue weighted by atomic mass is 10.0. The van der Waals surface area contributed by atoms with Crippen LogP contribution in [0.4, 0.5) is 0 Å². The van der Waals surface area contributed by atoms with Crippen LogP contribution in [0.3, 0.4) is 0 Å². The highest BCUT2D eigenvalue weighted by molar-refractivity contribution is 5.16. The van der Waals surface area contributed by atoms with Crippen LogP contribution in [0, 0.1) is 12.8 Å². The molecule has 1 heterocycles. The fourth-order valence-corrected chi connectivity index (χ4v) is 2.07. The maximum Gasteiger partial charge on any atom is 0.0313 e. The molecule has 0 saturated heterocycles. The van der Waals surface area contributed by atoms with Gasteiger partial charge in [-0.1, -0.05) is 32.8 Å². The number of nitrogens with zero attached hydrogens (tertiary/aromatic N) is 2. The molecule has 0 atom stereocenters. The molecule has 0 unspecified atom stereocenters. The van der Waals surface area contributed by atoms with Crippen LogP contribution in [-0.2, 0) is 6.54 Å². The average molecular weight is 220 g/mol. The summed E-state index contributed by atoms with van der Waals surface area (Å²) in [5.41, 5.74) is 2.56. The number of hydrogen-bond acceptors (Lipinski definition) is 2. The van der Waals surface area contributed by atoms with Crippen molar-refractivity contribution in [2.24, 2.45) is 5.92 Å². The largest absolute Gasteiger partial charge is 0.302 e. The first-order valence-corrected chi connectivity index (χ1v) is 6.24. The van der Waals surface area contributed by atoms with Gasteiger partial charge in [0.1, 0.15) is 0 Å².